The predicted octanol–water partition coefficient (Wildman–Crippen LogP) is 2.51. The van der Waals surface area contributed by atoms with E-state index in [0.717, 1.165) is 24.8 Å². The summed E-state index contributed by atoms with van der Waals surface area (Å²) in [7, 11) is 3.12. The first kappa shape index (κ1) is 12.2. The van der Waals surface area contributed by atoms with Gasteiger partial charge in [-0.2, -0.15) is 0 Å². The molecular weight excluding hydrogens is 221 g/mol. The van der Waals surface area contributed by atoms with Crippen molar-refractivity contribution in [2.24, 2.45) is 5.73 Å². The van der Waals surface area contributed by atoms with Crippen molar-refractivity contribution in [3.05, 3.63) is 23.3 Å². The molecule has 0 amide bonds. The second-order valence-corrected chi connectivity index (χ2v) is 4.51. The summed E-state index contributed by atoms with van der Waals surface area (Å²) in [6, 6.07) is 3.49. The largest absolute Gasteiger partial charge is 0.496 e. The van der Waals surface area contributed by atoms with Crippen LogP contribution in [0, 0.1) is 0 Å². The molecule has 0 atom stereocenters. The maximum absolute atomic E-state index is 12.8. The summed E-state index contributed by atoms with van der Waals surface area (Å²) in [6.45, 7) is -0.572. The Kier molecular flexibility index (Phi) is 3.24. The highest BCUT2D eigenvalue weighted by molar-refractivity contribution is 5.50. The summed E-state index contributed by atoms with van der Waals surface area (Å²) in [4.78, 5) is 0. The fraction of sp³-hybridized carbons (Fsp3) is 0.538. The molecular formula is C13H18FNO2. The van der Waals surface area contributed by atoms with Crippen LogP contribution in [-0.4, -0.2) is 14.2 Å². The number of nitrogens with two attached hydrogens (primary N) is 1. The van der Waals surface area contributed by atoms with E-state index in [-0.39, 0.29) is 5.54 Å². The molecule has 0 aliphatic heterocycles. The van der Waals surface area contributed by atoms with Gasteiger partial charge in [0.2, 0.25) is 0 Å². The SMILES string of the molecule is COc1cc(C2(N)CCC2)c(OC)cc1CF. The van der Waals surface area contributed by atoms with E-state index in [1.54, 1.807) is 13.2 Å². The molecule has 1 aliphatic rings. The van der Waals surface area contributed by atoms with Gasteiger partial charge in [0, 0.05) is 16.7 Å². The predicted molar refractivity (Wildman–Crippen MR) is 64.1 cm³/mol. The Morgan fingerprint density at radius 3 is 2.29 bits per heavy atom. The number of hydrogen-bond donors (Lipinski definition) is 1. The molecule has 2 N–H and O–H groups in total. The molecule has 2 rings (SSSR count). The van der Waals surface area contributed by atoms with Gasteiger partial charge < -0.3 is 15.2 Å². The Morgan fingerprint density at radius 2 is 1.88 bits per heavy atom. The Morgan fingerprint density at radius 1 is 1.24 bits per heavy atom. The van der Waals surface area contributed by atoms with Crippen LogP contribution in [-0.2, 0) is 12.2 Å². The van der Waals surface area contributed by atoms with E-state index < -0.39 is 6.67 Å². The van der Waals surface area contributed by atoms with Gasteiger partial charge >= 0.3 is 0 Å². The van der Waals surface area contributed by atoms with Gasteiger partial charge in [-0.15, -0.1) is 0 Å². The van der Waals surface area contributed by atoms with Gasteiger partial charge in [-0.1, -0.05) is 0 Å². The molecule has 0 unspecified atom stereocenters. The highest BCUT2D eigenvalue weighted by Gasteiger charge is 2.37. The van der Waals surface area contributed by atoms with Crippen molar-refractivity contribution in [1.82, 2.24) is 0 Å². The number of hydrogen-bond acceptors (Lipinski definition) is 3. The van der Waals surface area contributed by atoms with E-state index in [4.69, 9.17) is 15.2 Å². The minimum absolute atomic E-state index is 0.340. The molecule has 94 valence electrons. The molecule has 3 nitrogen and oxygen atoms in total. The van der Waals surface area contributed by atoms with Crippen molar-refractivity contribution in [2.45, 2.75) is 31.5 Å². The molecule has 1 fully saturated rings. The van der Waals surface area contributed by atoms with E-state index in [1.165, 1.54) is 7.11 Å². The number of ether oxygens (including phenoxy) is 2. The maximum Gasteiger partial charge on any atom is 0.125 e. The van der Waals surface area contributed by atoms with Gasteiger partial charge in [-0.3, -0.25) is 0 Å². The molecule has 4 heteroatoms. The molecule has 1 aromatic carbocycles. The van der Waals surface area contributed by atoms with Crippen molar-refractivity contribution < 1.29 is 13.9 Å². The molecule has 0 aromatic heterocycles. The topological polar surface area (TPSA) is 44.5 Å². The first-order valence-electron chi connectivity index (χ1n) is 5.75. The van der Waals surface area contributed by atoms with Gasteiger partial charge in [0.15, 0.2) is 0 Å². The smallest absolute Gasteiger partial charge is 0.125 e. The normalized spacial score (nSPS) is 17.4. The van der Waals surface area contributed by atoms with Crippen LogP contribution in [0.15, 0.2) is 12.1 Å². The van der Waals surface area contributed by atoms with Gasteiger partial charge in [-0.05, 0) is 31.4 Å². The third kappa shape index (κ3) is 1.97. The number of halogens is 1. The van der Waals surface area contributed by atoms with Crippen LogP contribution in [0.5, 0.6) is 11.5 Å². The summed E-state index contributed by atoms with van der Waals surface area (Å²) in [5.74, 6) is 1.20. The average Bonchev–Trinajstić information content (AvgIpc) is 2.34. The van der Waals surface area contributed by atoms with Crippen molar-refractivity contribution in [2.75, 3.05) is 14.2 Å². The molecule has 0 heterocycles. The first-order valence-corrected chi connectivity index (χ1v) is 5.75. The van der Waals surface area contributed by atoms with Gasteiger partial charge in [0.25, 0.3) is 0 Å². The Hall–Kier alpha value is -1.29. The maximum atomic E-state index is 12.8. The molecule has 1 saturated carbocycles. The van der Waals surface area contributed by atoms with Crippen LogP contribution < -0.4 is 15.2 Å². The summed E-state index contributed by atoms with van der Waals surface area (Å²) in [5.41, 5.74) is 7.36. The van der Waals surface area contributed by atoms with Crippen LogP contribution in [0.4, 0.5) is 4.39 Å². The number of rotatable bonds is 4. The van der Waals surface area contributed by atoms with Gasteiger partial charge in [-0.25, -0.2) is 4.39 Å². The molecule has 0 radical (unpaired) electrons. The van der Waals surface area contributed by atoms with Gasteiger partial charge in [0.05, 0.1) is 14.2 Å². The zero-order chi connectivity index (χ0) is 12.5. The minimum atomic E-state index is -0.572. The molecule has 17 heavy (non-hydrogen) atoms. The lowest BCUT2D eigenvalue weighted by atomic mass is 9.72. The van der Waals surface area contributed by atoms with Crippen LogP contribution in [0.2, 0.25) is 0 Å². The fourth-order valence-electron chi connectivity index (χ4n) is 2.28. The average molecular weight is 239 g/mol. The summed E-state index contributed by atoms with van der Waals surface area (Å²) < 4.78 is 23.3. The lowest BCUT2D eigenvalue weighted by Crippen LogP contribution is -2.43. The van der Waals surface area contributed by atoms with Crippen molar-refractivity contribution in [3.63, 3.8) is 0 Å². The third-order valence-electron chi connectivity index (χ3n) is 3.53. The fourth-order valence-corrected chi connectivity index (χ4v) is 2.28. The number of methoxy groups -OCH3 is 2. The van der Waals surface area contributed by atoms with Crippen LogP contribution in [0.3, 0.4) is 0 Å². The lowest BCUT2D eigenvalue weighted by molar-refractivity contribution is 0.242. The third-order valence-corrected chi connectivity index (χ3v) is 3.53. The van der Waals surface area contributed by atoms with E-state index in [0.29, 0.717) is 17.1 Å². The van der Waals surface area contributed by atoms with Crippen LogP contribution in [0.25, 0.3) is 0 Å². The molecule has 1 aliphatic carbocycles. The molecule has 0 bridgehead atoms. The van der Waals surface area contributed by atoms with E-state index >= 15 is 0 Å². The quantitative estimate of drug-likeness (QED) is 0.878. The summed E-state index contributed by atoms with van der Waals surface area (Å²) in [6.07, 6.45) is 2.98. The number of benzene rings is 1. The first-order chi connectivity index (χ1) is 8.14. The van der Waals surface area contributed by atoms with E-state index in [2.05, 4.69) is 0 Å². The van der Waals surface area contributed by atoms with E-state index in [1.807, 2.05) is 6.07 Å². The Labute approximate surface area is 101 Å². The lowest BCUT2D eigenvalue weighted by Gasteiger charge is -2.39. The second-order valence-electron chi connectivity index (χ2n) is 4.51. The zero-order valence-electron chi connectivity index (χ0n) is 10.3. The second kappa shape index (κ2) is 4.53. The Bertz CT molecular complexity index is 416. The zero-order valence-corrected chi connectivity index (χ0v) is 10.3. The van der Waals surface area contributed by atoms with Crippen molar-refractivity contribution in [3.8, 4) is 11.5 Å². The summed E-state index contributed by atoms with van der Waals surface area (Å²) >= 11 is 0. The minimum Gasteiger partial charge on any atom is -0.496 e. The van der Waals surface area contributed by atoms with Crippen LogP contribution in [0.1, 0.15) is 30.4 Å². The monoisotopic (exact) mass is 239 g/mol. The molecule has 0 saturated heterocycles. The van der Waals surface area contributed by atoms with Crippen molar-refractivity contribution in [1.29, 1.82) is 0 Å². The number of alkyl halides is 1. The van der Waals surface area contributed by atoms with Crippen LogP contribution >= 0.6 is 0 Å². The standard InChI is InChI=1S/C13H18FNO2/c1-16-11-7-10(13(15)4-3-5-13)12(17-2)6-9(11)8-14/h6-7H,3-5,8,15H2,1-2H3. The van der Waals surface area contributed by atoms with E-state index in [9.17, 15) is 4.39 Å². The summed E-state index contributed by atoms with van der Waals surface area (Å²) in [5, 5.41) is 0. The highest BCUT2D eigenvalue weighted by atomic mass is 19.1. The Balaban J connectivity index is 2.49. The molecule has 0 spiro atoms. The van der Waals surface area contributed by atoms with Gasteiger partial charge in [0.1, 0.15) is 18.2 Å². The van der Waals surface area contributed by atoms with Crippen molar-refractivity contribution >= 4 is 0 Å². The molecule has 1 aromatic rings. The highest BCUT2D eigenvalue weighted by Crippen LogP contribution is 2.45.